The van der Waals surface area contributed by atoms with E-state index in [1.54, 1.807) is 12.3 Å². The SMILES string of the molecule is CC(S)c1nc2cccnc2cc1O. The van der Waals surface area contributed by atoms with Crippen LogP contribution in [0.15, 0.2) is 24.4 Å². The van der Waals surface area contributed by atoms with Gasteiger partial charge in [-0.1, -0.05) is 0 Å². The number of rotatable bonds is 1. The molecule has 3 nitrogen and oxygen atoms in total. The van der Waals surface area contributed by atoms with E-state index in [1.807, 2.05) is 19.1 Å². The zero-order valence-corrected chi connectivity index (χ0v) is 8.57. The van der Waals surface area contributed by atoms with Crippen LogP contribution in [0.1, 0.15) is 17.9 Å². The summed E-state index contributed by atoms with van der Waals surface area (Å²) in [5.41, 5.74) is 2.07. The maximum Gasteiger partial charge on any atom is 0.140 e. The van der Waals surface area contributed by atoms with Crippen LogP contribution in [0.2, 0.25) is 0 Å². The minimum Gasteiger partial charge on any atom is -0.506 e. The van der Waals surface area contributed by atoms with Crippen LogP contribution in [-0.4, -0.2) is 15.1 Å². The summed E-state index contributed by atoms with van der Waals surface area (Å²) in [4.78, 5) is 8.38. The van der Waals surface area contributed by atoms with Gasteiger partial charge in [0.25, 0.3) is 0 Å². The summed E-state index contributed by atoms with van der Waals surface area (Å²) >= 11 is 4.24. The monoisotopic (exact) mass is 206 g/mol. The van der Waals surface area contributed by atoms with Crippen molar-refractivity contribution in [2.24, 2.45) is 0 Å². The van der Waals surface area contributed by atoms with Crippen LogP contribution in [0.25, 0.3) is 11.0 Å². The fourth-order valence-corrected chi connectivity index (χ4v) is 1.50. The Balaban J connectivity index is 2.71. The lowest BCUT2D eigenvalue weighted by Gasteiger charge is -2.07. The van der Waals surface area contributed by atoms with Gasteiger partial charge in [0.2, 0.25) is 0 Å². The first kappa shape index (κ1) is 9.27. The van der Waals surface area contributed by atoms with E-state index in [9.17, 15) is 5.11 Å². The molecule has 0 fully saturated rings. The first-order valence-corrected chi connectivity index (χ1v) is 4.83. The van der Waals surface area contributed by atoms with Gasteiger partial charge in [0.15, 0.2) is 0 Å². The summed E-state index contributed by atoms with van der Waals surface area (Å²) in [7, 11) is 0. The number of aromatic nitrogens is 2. The van der Waals surface area contributed by atoms with Gasteiger partial charge in [0.1, 0.15) is 5.75 Å². The predicted molar refractivity (Wildman–Crippen MR) is 58.6 cm³/mol. The molecule has 4 heteroatoms. The Bertz CT molecular complexity index is 471. The molecule has 72 valence electrons. The Labute approximate surface area is 87.2 Å². The lowest BCUT2D eigenvalue weighted by atomic mass is 10.2. The average molecular weight is 206 g/mol. The van der Waals surface area contributed by atoms with Crippen LogP contribution in [0.4, 0.5) is 0 Å². The van der Waals surface area contributed by atoms with Gasteiger partial charge in [0, 0.05) is 17.5 Å². The third kappa shape index (κ3) is 1.53. The van der Waals surface area contributed by atoms with E-state index in [1.165, 1.54) is 0 Å². The van der Waals surface area contributed by atoms with E-state index in [4.69, 9.17) is 0 Å². The molecule has 1 N–H and O–H groups in total. The molecule has 0 saturated carbocycles. The van der Waals surface area contributed by atoms with Gasteiger partial charge in [0.05, 0.1) is 16.7 Å². The molecule has 0 radical (unpaired) electrons. The summed E-state index contributed by atoms with van der Waals surface area (Å²) in [6, 6.07) is 5.30. The number of hydrogen-bond acceptors (Lipinski definition) is 4. The first-order chi connectivity index (χ1) is 6.68. The molecule has 0 saturated heterocycles. The second-order valence-corrected chi connectivity index (χ2v) is 3.88. The standard InChI is InChI=1S/C10H10N2OS/c1-6(14)10-9(13)5-8-7(12-10)3-2-4-11-8/h2-6,13-14H,1H3. The normalized spacial score (nSPS) is 13.0. The number of hydrogen-bond donors (Lipinski definition) is 2. The van der Waals surface area contributed by atoms with Gasteiger partial charge in [-0.05, 0) is 19.1 Å². The van der Waals surface area contributed by atoms with E-state index in [0.29, 0.717) is 11.2 Å². The highest BCUT2D eigenvalue weighted by atomic mass is 32.1. The van der Waals surface area contributed by atoms with Crippen LogP contribution in [0.3, 0.4) is 0 Å². The zero-order chi connectivity index (χ0) is 10.1. The van der Waals surface area contributed by atoms with E-state index >= 15 is 0 Å². The highest BCUT2D eigenvalue weighted by Gasteiger charge is 2.09. The average Bonchev–Trinajstić information content (AvgIpc) is 2.16. The lowest BCUT2D eigenvalue weighted by Crippen LogP contribution is -1.92. The second kappa shape index (κ2) is 3.46. The van der Waals surface area contributed by atoms with Crippen molar-refractivity contribution in [3.05, 3.63) is 30.1 Å². The first-order valence-electron chi connectivity index (χ1n) is 4.31. The smallest absolute Gasteiger partial charge is 0.140 e. The van der Waals surface area contributed by atoms with Crippen molar-refractivity contribution in [3.63, 3.8) is 0 Å². The molecule has 0 bridgehead atoms. The predicted octanol–water partition coefficient (Wildman–Crippen LogP) is 2.33. The van der Waals surface area contributed by atoms with E-state index in [2.05, 4.69) is 22.6 Å². The summed E-state index contributed by atoms with van der Waals surface area (Å²) in [5, 5.41) is 9.54. The third-order valence-electron chi connectivity index (χ3n) is 1.99. The Hall–Kier alpha value is -1.29. The van der Waals surface area contributed by atoms with Crippen molar-refractivity contribution >= 4 is 23.7 Å². The summed E-state index contributed by atoms with van der Waals surface area (Å²) < 4.78 is 0. The fraction of sp³-hybridized carbons (Fsp3) is 0.200. The molecule has 1 atom stereocenters. The number of pyridine rings is 2. The minimum absolute atomic E-state index is 0.0837. The van der Waals surface area contributed by atoms with Crippen LogP contribution >= 0.6 is 12.6 Å². The maximum atomic E-state index is 9.63. The number of thiol groups is 1. The summed E-state index contributed by atoms with van der Waals surface area (Å²) in [6.45, 7) is 1.87. The highest BCUT2D eigenvalue weighted by molar-refractivity contribution is 7.80. The molecule has 0 spiro atoms. The van der Waals surface area contributed by atoms with Crippen molar-refractivity contribution in [2.75, 3.05) is 0 Å². The van der Waals surface area contributed by atoms with Crippen LogP contribution in [0.5, 0.6) is 5.75 Å². The van der Waals surface area contributed by atoms with Crippen molar-refractivity contribution in [2.45, 2.75) is 12.2 Å². The molecule has 2 aromatic heterocycles. The van der Waals surface area contributed by atoms with Crippen LogP contribution in [0, 0.1) is 0 Å². The molecule has 0 aliphatic carbocycles. The van der Waals surface area contributed by atoms with Gasteiger partial charge in [-0.3, -0.25) is 4.98 Å². The fourth-order valence-electron chi connectivity index (χ4n) is 1.31. The van der Waals surface area contributed by atoms with E-state index in [0.717, 1.165) is 5.52 Å². The molecule has 0 amide bonds. The van der Waals surface area contributed by atoms with Gasteiger partial charge < -0.3 is 5.11 Å². The lowest BCUT2D eigenvalue weighted by molar-refractivity contribution is 0.466. The molecule has 2 aromatic rings. The Morgan fingerprint density at radius 1 is 1.43 bits per heavy atom. The van der Waals surface area contributed by atoms with Gasteiger partial charge in [-0.25, -0.2) is 4.98 Å². The molecule has 14 heavy (non-hydrogen) atoms. The van der Waals surface area contributed by atoms with E-state index < -0.39 is 0 Å². The van der Waals surface area contributed by atoms with Crippen molar-refractivity contribution in [1.82, 2.24) is 9.97 Å². The largest absolute Gasteiger partial charge is 0.506 e. The van der Waals surface area contributed by atoms with Crippen molar-refractivity contribution < 1.29 is 5.11 Å². The Morgan fingerprint density at radius 2 is 2.21 bits per heavy atom. The zero-order valence-electron chi connectivity index (χ0n) is 7.68. The third-order valence-corrected chi connectivity index (χ3v) is 2.23. The molecule has 2 heterocycles. The minimum atomic E-state index is -0.0837. The number of fused-ring (bicyclic) bond motifs is 1. The molecular formula is C10H10N2OS. The topological polar surface area (TPSA) is 46.0 Å². The van der Waals surface area contributed by atoms with Crippen molar-refractivity contribution in [3.8, 4) is 5.75 Å². The molecule has 1 unspecified atom stereocenters. The Kier molecular flexibility index (Phi) is 2.29. The molecule has 0 aliphatic rings. The van der Waals surface area contributed by atoms with Gasteiger partial charge >= 0.3 is 0 Å². The van der Waals surface area contributed by atoms with Crippen LogP contribution in [-0.2, 0) is 0 Å². The second-order valence-electron chi connectivity index (χ2n) is 3.11. The van der Waals surface area contributed by atoms with Crippen LogP contribution < -0.4 is 0 Å². The van der Waals surface area contributed by atoms with Gasteiger partial charge in [-0.2, -0.15) is 12.6 Å². The molecule has 0 aliphatic heterocycles. The Morgan fingerprint density at radius 3 is 2.93 bits per heavy atom. The molecule has 2 rings (SSSR count). The van der Waals surface area contributed by atoms with Gasteiger partial charge in [-0.15, -0.1) is 0 Å². The van der Waals surface area contributed by atoms with Crippen molar-refractivity contribution in [1.29, 1.82) is 0 Å². The highest BCUT2D eigenvalue weighted by Crippen LogP contribution is 2.28. The molecule has 0 aromatic carbocycles. The maximum absolute atomic E-state index is 9.63. The quantitative estimate of drug-likeness (QED) is 0.704. The summed E-state index contributed by atoms with van der Waals surface area (Å²) in [6.07, 6.45) is 1.67. The molecular weight excluding hydrogens is 196 g/mol. The summed E-state index contributed by atoms with van der Waals surface area (Å²) in [5.74, 6) is 0.152. The number of nitrogens with zero attached hydrogens (tertiary/aromatic N) is 2. The number of aromatic hydroxyl groups is 1. The van der Waals surface area contributed by atoms with E-state index in [-0.39, 0.29) is 11.0 Å².